The predicted octanol–water partition coefficient (Wildman–Crippen LogP) is 3.50. The second kappa shape index (κ2) is 5.87. The number of benzene rings is 1. The third-order valence-electron chi connectivity index (χ3n) is 3.10. The van der Waals surface area contributed by atoms with E-state index < -0.39 is 12.2 Å². The summed E-state index contributed by atoms with van der Waals surface area (Å²) in [4.78, 5) is 1.38. The summed E-state index contributed by atoms with van der Waals surface area (Å²) in [6, 6.07) is 2.65. The van der Waals surface area contributed by atoms with Crippen LogP contribution in [0.1, 0.15) is 11.6 Å². The molecule has 0 saturated carbocycles. The Kier molecular flexibility index (Phi) is 4.61. The summed E-state index contributed by atoms with van der Waals surface area (Å²) in [6.07, 6.45) is -4.38. The van der Waals surface area contributed by atoms with Crippen molar-refractivity contribution in [3.8, 4) is 0 Å². The topological polar surface area (TPSA) is 15.3 Å². The lowest BCUT2D eigenvalue weighted by Crippen LogP contribution is -2.49. The molecule has 0 spiro atoms. The molecule has 7 heteroatoms. The number of halogens is 5. The molecular weight excluding hydrogens is 300 g/mol. The number of nitrogens with zero attached hydrogens (tertiary/aromatic N) is 1. The maximum atomic E-state index is 13.3. The highest BCUT2D eigenvalue weighted by atomic mass is 35.5. The van der Waals surface area contributed by atoms with E-state index in [1.54, 1.807) is 0 Å². The van der Waals surface area contributed by atoms with Crippen LogP contribution in [-0.2, 0) is 0 Å². The van der Waals surface area contributed by atoms with Gasteiger partial charge in [0.2, 0.25) is 0 Å². The molecule has 1 heterocycles. The summed E-state index contributed by atoms with van der Waals surface area (Å²) in [7, 11) is 0. The number of rotatable bonds is 2. The lowest BCUT2D eigenvalue weighted by Gasteiger charge is -2.36. The van der Waals surface area contributed by atoms with Crippen LogP contribution in [0.15, 0.2) is 18.2 Å². The fourth-order valence-electron chi connectivity index (χ4n) is 2.25. The molecule has 1 saturated heterocycles. The van der Waals surface area contributed by atoms with Gasteiger partial charge in [-0.15, -0.1) is 0 Å². The third kappa shape index (κ3) is 3.34. The number of alkyl halides is 3. The number of piperazine rings is 1. The molecule has 1 atom stereocenters. The van der Waals surface area contributed by atoms with Crippen molar-refractivity contribution >= 4 is 23.2 Å². The van der Waals surface area contributed by atoms with Gasteiger partial charge in [-0.3, -0.25) is 4.90 Å². The van der Waals surface area contributed by atoms with Gasteiger partial charge in [0.05, 0.1) is 10.0 Å². The van der Waals surface area contributed by atoms with Crippen LogP contribution in [0, 0.1) is 0 Å². The van der Waals surface area contributed by atoms with Crippen molar-refractivity contribution in [2.75, 3.05) is 26.2 Å². The second-order valence-electron chi connectivity index (χ2n) is 4.37. The second-order valence-corrected chi connectivity index (χ2v) is 5.16. The van der Waals surface area contributed by atoms with Gasteiger partial charge < -0.3 is 5.32 Å². The van der Waals surface area contributed by atoms with E-state index in [1.165, 1.54) is 23.1 Å². The van der Waals surface area contributed by atoms with Crippen molar-refractivity contribution in [3.63, 3.8) is 0 Å². The predicted molar refractivity (Wildman–Crippen MR) is 69.7 cm³/mol. The Hall–Kier alpha value is -0.490. The highest BCUT2D eigenvalue weighted by Gasteiger charge is 2.45. The molecule has 0 aromatic heterocycles. The zero-order valence-corrected chi connectivity index (χ0v) is 11.5. The molecule has 0 amide bonds. The first-order valence-electron chi connectivity index (χ1n) is 5.86. The van der Waals surface area contributed by atoms with Crippen LogP contribution in [0.25, 0.3) is 0 Å². The minimum Gasteiger partial charge on any atom is -0.314 e. The highest BCUT2D eigenvalue weighted by Crippen LogP contribution is 2.42. The first kappa shape index (κ1) is 14.9. The quantitative estimate of drug-likeness (QED) is 0.899. The molecule has 1 fully saturated rings. The lowest BCUT2D eigenvalue weighted by atomic mass is 10.0. The summed E-state index contributed by atoms with van der Waals surface area (Å²) < 4.78 is 40.0. The molecule has 2 rings (SSSR count). The highest BCUT2D eigenvalue weighted by molar-refractivity contribution is 6.42. The van der Waals surface area contributed by atoms with E-state index in [9.17, 15) is 13.2 Å². The van der Waals surface area contributed by atoms with E-state index in [4.69, 9.17) is 23.2 Å². The van der Waals surface area contributed by atoms with Crippen LogP contribution in [-0.4, -0.2) is 37.3 Å². The Balaban J connectivity index is 2.40. The maximum Gasteiger partial charge on any atom is 0.408 e. The van der Waals surface area contributed by atoms with E-state index in [1.807, 2.05) is 0 Å². The fourth-order valence-corrected chi connectivity index (χ4v) is 2.66. The minimum atomic E-state index is -4.38. The molecule has 19 heavy (non-hydrogen) atoms. The summed E-state index contributed by atoms with van der Waals surface area (Å²) >= 11 is 11.8. The van der Waals surface area contributed by atoms with Crippen molar-refractivity contribution in [3.05, 3.63) is 33.8 Å². The van der Waals surface area contributed by atoms with Gasteiger partial charge in [0, 0.05) is 26.2 Å². The summed E-state index contributed by atoms with van der Waals surface area (Å²) in [5.41, 5.74) is 0.0172. The third-order valence-corrected chi connectivity index (χ3v) is 3.94. The zero-order valence-electron chi connectivity index (χ0n) is 9.97. The lowest BCUT2D eigenvalue weighted by molar-refractivity contribution is -0.187. The standard InChI is InChI=1S/C12H13Cl2F3N2/c13-9-3-1-2-8(10(9)14)11(12(15,16)17)19-6-4-18-5-7-19/h1-3,11,18H,4-7H2/t11-/m0/s1. The zero-order chi connectivity index (χ0) is 14.0. The number of hydrogen-bond donors (Lipinski definition) is 1. The molecule has 1 N–H and O–H groups in total. The molecule has 1 aromatic carbocycles. The van der Waals surface area contributed by atoms with Gasteiger partial charge >= 0.3 is 6.18 Å². The van der Waals surface area contributed by atoms with Crippen molar-refractivity contribution in [2.45, 2.75) is 12.2 Å². The van der Waals surface area contributed by atoms with Gasteiger partial charge in [0.1, 0.15) is 6.04 Å². The Morgan fingerprint density at radius 2 is 1.79 bits per heavy atom. The van der Waals surface area contributed by atoms with Crippen molar-refractivity contribution in [2.24, 2.45) is 0 Å². The molecular formula is C12H13Cl2F3N2. The van der Waals surface area contributed by atoms with E-state index in [-0.39, 0.29) is 15.6 Å². The van der Waals surface area contributed by atoms with E-state index in [0.29, 0.717) is 26.2 Å². The van der Waals surface area contributed by atoms with Crippen LogP contribution in [0.5, 0.6) is 0 Å². The van der Waals surface area contributed by atoms with Crippen LogP contribution in [0.4, 0.5) is 13.2 Å². The molecule has 1 aromatic rings. The van der Waals surface area contributed by atoms with Gasteiger partial charge in [0.15, 0.2) is 0 Å². The summed E-state index contributed by atoms with van der Waals surface area (Å²) in [5, 5.41) is 3.15. The van der Waals surface area contributed by atoms with Crippen molar-refractivity contribution < 1.29 is 13.2 Å². The van der Waals surface area contributed by atoms with Gasteiger partial charge in [0.25, 0.3) is 0 Å². The SMILES string of the molecule is FC(F)(F)[C@H](c1cccc(Cl)c1Cl)N1CCNCC1. The molecule has 0 unspecified atom stereocenters. The largest absolute Gasteiger partial charge is 0.408 e. The number of nitrogens with one attached hydrogen (secondary N) is 1. The molecule has 0 radical (unpaired) electrons. The Labute approximate surface area is 119 Å². The fraction of sp³-hybridized carbons (Fsp3) is 0.500. The van der Waals surface area contributed by atoms with E-state index >= 15 is 0 Å². The Morgan fingerprint density at radius 1 is 1.16 bits per heavy atom. The molecule has 1 aliphatic heterocycles. The van der Waals surface area contributed by atoms with Gasteiger partial charge in [-0.25, -0.2) is 0 Å². The maximum absolute atomic E-state index is 13.3. The van der Waals surface area contributed by atoms with Crippen molar-refractivity contribution in [1.29, 1.82) is 0 Å². The van der Waals surface area contributed by atoms with Crippen LogP contribution >= 0.6 is 23.2 Å². The average molecular weight is 313 g/mol. The average Bonchev–Trinajstić information content (AvgIpc) is 2.35. The first-order chi connectivity index (χ1) is 8.91. The van der Waals surface area contributed by atoms with Crippen LogP contribution in [0.3, 0.4) is 0 Å². The number of hydrogen-bond acceptors (Lipinski definition) is 2. The van der Waals surface area contributed by atoms with Gasteiger partial charge in [-0.1, -0.05) is 35.3 Å². The van der Waals surface area contributed by atoms with Crippen LogP contribution < -0.4 is 5.32 Å². The molecule has 2 nitrogen and oxygen atoms in total. The van der Waals surface area contributed by atoms with Gasteiger partial charge in [-0.2, -0.15) is 13.2 Å². The van der Waals surface area contributed by atoms with E-state index in [0.717, 1.165) is 0 Å². The van der Waals surface area contributed by atoms with E-state index in [2.05, 4.69) is 5.32 Å². The molecule has 1 aliphatic rings. The van der Waals surface area contributed by atoms with Gasteiger partial charge in [-0.05, 0) is 11.6 Å². The summed E-state index contributed by atoms with van der Waals surface area (Å²) in [6.45, 7) is 1.72. The molecule has 0 aliphatic carbocycles. The Morgan fingerprint density at radius 3 is 2.37 bits per heavy atom. The monoisotopic (exact) mass is 312 g/mol. The smallest absolute Gasteiger partial charge is 0.314 e. The van der Waals surface area contributed by atoms with Crippen LogP contribution in [0.2, 0.25) is 10.0 Å². The first-order valence-corrected chi connectivity index (χ1v) is 6.62. The van der Waals surface area contributed by atoms with Crippen molar-refractivity contribution in [1.82, 2.24) is 10.2 Å². The summed E-state index contributed by atoms with van der Waals surface area (Å²) in [5.74, 6) is 0. The minimum absolute atomic E-state index is 0.0172. The normalized spacial score (nSPS) is 19.4. The molecule has 106 valence electrons. The Bertz CT molecular complexity index is 445. The molecule has 0 bridgehead atoms.